The lowest BCUT2D eigenvalue weighted by Gasteiger charge is -2.07. The van der Waals surface area contributed by atoms with Crippen molar-refractivity contribution < 1.29 is 4.74 Å². The molecule has 0 atom stereocenters. The number of benzene rings is 1. The van der Waals surface area contributed by atoms with Crippen molar-refractivity contribution in [1.29, 1.82) is 0 Å². The van der Waals surface area contributed by atoms with E-state index in [0.717, 1.165) is 12.4 Å². The number of pyridine rings is 1. The first-order chi connectivity index (χ1) is 8.28. The number of halogens is 1. The van der Waals surface area contributed by atoms with Gasteiger partial charge in [0.15, 0.2) is 0 Å². The van der Waals surface area contributed by atoms with E-state index in [1.165, 1.54) is 0 Å². The van der Waals surface area contributed by atoms with Crippen molar-refractivity contribution in [2.75, 3.05) is 11.9 Å². The summed E-state index contributed by atoms with van der Waals surface area (Å²) >= 11 is 5.88. The maximum atomic E-state index is 5.88. The average Bonchev–Trinajstić information content (AvgIpc) is 2.30. The van der Waals surface area contributed by atoms with Crippen LogP contribution in [0.2, 0.25) is 5.02 Å². The van der Waals surface area contributed by atoms with Gasteiger partial charge < -0.3 is 10.1 Å². The molecule has 0 unspecified atom stereocenters. The van der Waals surface area contributed by atoms with Crippen LogP contribution in [-0.4, -0.2) is 11.5 Å². The molecular weight excluding hydrogens is 236 g/mol. The summed E-state index contributed by atoms with van der Waals surface area (Å²) in [5.41, 5.74) is 0. The Kier molecular flexibility index (Phi) is 3.83. The molecule has 0 saturated carbocycles. The molecule has 17 heavy (non-hydrogen) atoms. The van der Waals surface area contributed by atoms with Gasteiger partial charge in [0.05, 0.1) is 0 Å². The maximum Gasteiger partial charge on any atom is 0.221 e. The van der Waals surface area contributed by atoms with Crippen LogP contribution in [-0.2, 0) is 0 Å². The molecule has 4 heteroatoms. The molecule has 0 aliphatic rings. The minimum Gasteiger partial charge on any atom is -0.439 e. The van der Waals surface area contributed by atoms with Gasteiger partial charge in [0.1, 0.15) is 11.6 Å². The van der Waals surface area contributed by atoms with E-state index in [0.29, 0.717) is 16.7 Å². The molecule has 88 valence electrons. The number of nitrogens with zero attached hydrogens (tertiary/aromatic N) is 1. The molecule has 0 aliphatic heterocycles. The van der Waals surface area contributed by atoms with E-state index in [-0.39, 0.29) is 0 Å². The van der Waals surface area contributed by atoms with Gasteiger partial charge in [0.2, 0.25) is 5.88 Å². The number of nitrogens with one attached hydrogen (secondary N) is 1. The lowest BCUT2D eigenvalue weighted by atomic mass is 10.3. The fourth-order valence-electron chi connectivity index (χ4n) is 1.40. The topological polar surface area (TPSA) is 34.1 Å². The van der Waals surface area contributed by atoms with Gasteiger partial charge in [0, 0.05) is 17.6 Å². The van der Waals surface area contributed by atoms with Crippen LogP contribution in [0.5, 0.6) is 11.6 Å². The van der Waals surface area contributed by atoms with Crippen LogP contribution in [0.1, 0.15) is 6.92 Å². The highest BCUT2D eigenvalue weighted by Gasteiger charge is 2.00. The zero-order valence-corrected chi connectivity index (χ0v) is 10.2. The SMILES string of the molecule is CCNc1cccc(Oc2cccc(Cl)c2)n1. The van der Waals surface area contributed by atoms with Crippen molar-refractivity contribution in [3.05, 3.63) is 47.5 Å². The van der Waals surface area contributed by atoms with E-state index >= 15 is 0 Å². The zero-order chi connectivity index (χ0) is 12.1. The van der Waals surface area contributed by atoms with Crippen molar-refractivity contribution in [2.24, 2.45) is 0 Å². The molecule has 0 spiro atoms. The lowest BCUT2D eigenvalue weighted by Crippen LogP contribution is -1.99. The first-order valence-corrected chi connectivity index (χ1v) is 5.80. The summed E-state index contributed by atoms with van der Waals surface area (Å²) in [5.74, 6) is 2.02. The zero-order valence-electron chi connectivity index (χ0n) is 9.48. The Bertz CT molecular complexity index is 502. The van der Waals surface area contributed by atoms with Crippen LogP contribution in [0.25, 0.3) is 0 Å². The third-order valence-electron chi connectivity index (χ3n) is 2.10. The Hall–Kier alpha value is -1.74. The molecule has 2 rings (SSSR count). The van der Waals surface area contributed by atoms with E-state index in [2.05, 4.69) is 10.3 Å². The van der Waals surface area contributed by atoms with Crippen LogP contribution in [0.3, 0.4) is 0 Å². The predicted octanol–water partition coefficient (Wildman–Crippen LogP) is 3.96. The Morgan fingerprint density at radius 1 is 1.24 bits per heavy atom. The molecule has 0 radical (unpaired) electrons. The van der Waals surface area contributed by atoms with Gasteiger partial charge >= 0.3 is 0 Å². The molecule has 0 amide bonds. The molecule has 1 N–H and O–H groups in total. The molecule has 0 bridgehead atoms. The number of hydrogen-bond acceptors (Lipinski definition) is 3. The van der Waals surface area contributed by atoms with Crippen molar-refractivity contribution in [3.8, 4) is 11.6 Å². The summed E-state index contributed by atoms with van der Waals surface area (Å²) in [6, 6.07) is 12.8. The van der Waals surface area contributed by atoms with Crippen LogP contribution in [0.15, 0.2) is 42.5 Å². The standard InChI is InChI=1S/C13H13ClN2O/c1-2-15-12-7-4-8-13(16-12)17-11-6-3-5-10(14)9-11/h3-9H,2H2,1H3,(H,15,16). The van der Waals surface area contributed by atoms with Crippen LogP contribution in [0, 0.1) is 0 Å². The second kappa shape index (κ2) is 5.55. The third-order valence-corrected chi connectivity index (χ3v) is 2.34. The first-order valence-electron chi connectivity index (χ1n) is 5.42. The molecule has 0 fully saturated rings. The summed E-state index contributed by atoms with van der Waals surface area (Å²) in [7, 11) is 0. The Labute approximate surface area is 105 Å². The molecule has 0 saturated heterocycles. The number of rotatable bonds is 4. The Morgan fingerprint density at radius 2 is 2.06 bits per heavy atom. The number of hydrogen-bond donors (Lipinski definition) is 1. The molecule has 3 nitrogen and oxygen atoms in total. The van der Waals surface area contributed by atoms with Gasteiger partial charge in [-0.15, -0.1) is 0 Å². The Morgan fingerprint density at radius 3 is 2.82 bits per heavy atom. The molecule has 1 aromatic heterocycles. The lowest BCUT2D eigenvalue weighted by molar-refractivity contribution is 0.463. The van der Waals surface area contributed by atoms with E-state index < -0.39 is 0 Å². The van der Waals surface area contributed by atoms with Crippen LogP contribution >= 0.6 is 11.6 Å². The predicted molar refractivity (Wildman–Crippen MR) is 69.9 cm³/mol. The summed E-state index contributed by atoms with van der Waals surface area (Å²) in [6.07, 6.45) is 0. The Balaban J connectivity index is 2.15. The summed E-state index contributed by atoms with van der Waals surface area (Å²) < 4.78 is 5.61. The van der Waals surface area contributed by atoms with Gasteiger partial charge in [-0.2, -0.15) is 4.98 Å². The first kappa shape index (κ1) is 11.7. The van der Waals surface area contributed by atoms with E-state index in [1.54, 1.807) is 12.1 Å². The third kappa shape index (κ3) is 3.36. The van der Waals surface area contributed by atoms with Crippen molar-refractivity contribution >= 4 is 17.4 Å². The van der Waals surface area contributed by atoms with Crippen molar-refractivity contribution in [1.82, 2.24) is 4.98 Å². The summed E-state index contributed by atoms with van der Waals surface area (Å²) in [4.78, 5) is 4.31. The number of anilines is 1. The minimum absolute atomic E-state index is 0.547. The molecule has 0 aliphatic carbocycles. The molecular formula is C13H13ClN2O. The van der Waals surface area contributed by atoms with E-state index in [4.69, 9.17) is 16.3 Å². The highest BCUT2D eigenvalue weighted by atomic mass is 35.5. The quantitative estimate of drug-likeness (QED) is 0.889. The minimum atomic E-state index is 0.547. The van der Waals surface area contributed by atoms with Gasteiger partial charge in [-0.1, -0.05) is 23.7 Å². The second-order valence-electron chi connectivity index (χ2n) is 3.45. The smallest absolute Gasteiger partial charge is 0.221 e. The number of ether oxygens (including phenoxy) is 1. The monoisotopic (exact) mass is 248 g/mol. The van der Waals surface area contributed by atoms with Gasteiger partial charge in [-0.05, 0) is 31.2 Å². The van der Waals surface area contributed by atoms with Gasteiger partial charge in [-0.25, -0.2) is 0 Å². The summed E-state index contributed by atoms with van der Waals surface area (Å²) in [6.45, 7) is 2.85. The molecule has 1 aromatic carbocycles. The van der Waals surface area contributed by atoms with Gasteiger partial charge in [0.25, 0.3) is 0 Å². The van der Waals surface area contributed by atoms with Crippen LogP contribution < -0.4 is 10.1 Å². The molecule has 1 heterocycles. The van der Waals surface area contributed by atoms with E-state index in [1.807, 2.05) is 37.3 Å². The van der Waals surface area contributed by atoms with Crippen molar-refractivity contribution in [3.63, 3.8) is 0 Å². The average molecular weight is 249 g/mol. The second-order valence-corrected chi connectivity index (χ2v) is 3.89. The van der Waals surface area contributed by atoms with Crippen molar-refractivity contribution in [2.45, 2.75) is 6.92 Å². The maximum absolute atomic E-state index is 5.88. The fraction of sp³-hybridized carbons (Fsp3) is 0.154. The number of aromatic nitrogens is 1. The van der Waals surface area contributed by atoms with Crippen LogP contribution in [0.4, 0.5) is 5.82 Å². The van der Waals surface area contributed by atoms with E-state index in [9.17, 15) is 0 Å². The van der Waals surface area contributed by atoms with Gasteiger partial charge in [-0.3, -0.25) is 0 Å². The summed E-state index contributed by atoms with van der Waals surface area (Å²) in [5, 5.41) is 3.77. The normalized spacial score (nSPS) is 10.0. The fourth-order valence-corrected chi connectivity index (χ4v) is 1.58. The highest BCUT2D eigenvalue weighted by molar-refractivity contribution is 6.30. The molecule has 2 aromatic rings. The largest absolute Gasteiger partial charge is 0.439 e. The highest BCUT2D eigenvalue weighted by Crippen LogP contribution is 2.23.